The van der Waals surface area contributed by atoms with Gasteiger partial charge in [-0.2, -0.15) is 0 Å². The normalized spacial score (nSPS) is 18.7. The first-order valence-corrected chi connectivity index (χ1v) is 8.61. The van der Waals surface area contributed by atoms with Gasteiger partial charge in [-0.3, -0.25) is 0 Å². The largest absolute Gasteiger partial charge is 0.379 e. The summed E-state index contributed by atoms with van der Waals surface area (Å²) in [4.78, 5) is -0.687. The zero-order valence-corrected chi connectivity index (χ0v) is 12.9. The van der Waals surface area contributed by atoms with Gasteiger partial charge in [0, 0.05) is 19.8 Å². The summed E-state index contributed by atoms with van der Waals surface area (Å²) in [6.07, 6.45) is 2.57. The third kappa shape index (κ3) is 4.98. The van der Waals surface area contributed by atoms with E-state index in [1.54, 1.807) is 0 Å². The first kappa shape index (κ1) is 17.3. The van der Waals surface area contributed by atoms with E-state index in [1.807, 2.05) is 0 Å². The highest BCUT2D eigenvalue weighted by atomic mass is 32.2. The molecule has 1 aliphatic rings. The van der Waals surface area contributed by atoms with E-state index in [1.165, 1.54) is 0 Å². The second-order valence-corrected chi connectivity index (χ2v) is 6.77. The van der Waals surface area contributed by atoms with Crippen molar-refractivity contribution in [2.75, 3.05) is 26.4 Å². The van der Waals surface area contributed by atoms with Crippen molar-refractivity contribution in [2.24, 2.45) is 0 Å². The lowest BCUT2D eigenvalue weighted by Gasteiger charge is -2.10. The molecule has 2 rings (SSSR count). The molecule has 0 bridgehead atoms. The lowest BCUT2D eigenvalue weighted by atomic mass is 10.2. The van der Waals surface area contributed by atoms with Crippen molar-refractivity contribution in [1.82, 2.24) is 4.72 Å². The maximum absolute atomic E-state index is 13.4. The van der Waals surface area contributed by atoms with Crippen LogP contribution in [0.25, 0.3) is 0 Å². The number of benzene rings is 1. The average Bonchev–Trinajstić information content (AvgIpc) is 2.98. The molecule has 22 heavy (non-hydrogen) atoms. The molecule has 0 amide bonds. The van der Waals surface area contributed by atoms with Gasteiger partial charge in [-0.15, -0.1) is 0 Å². The second kappa shape index (κ2) is 7.96. The number of hydrogen-bond acceptors (Lipinski definition) is 4. The van der Waals surface area contributed by atoms with Crippen LogP contribution in [0.15, 0.2) is 23.1 Å². The first-order chi connectivity index (χ1) is 10.5. The van der Waals surface area contributed by atoms with Crippen LogP contribution < -0.4 is 4.72 Å². The predicted molar refractivity (Wildman–Crippen MR) is 76.0 cm³/mol. The first-order valence-electron chi connectivity index (χ1n) is 7.13. The van der Waals surface area contributed by atoms with Crippen LogP contribution in [0.2, 0.25) is 0 Å². The highest BCUT2D eigenvalue weighted by Gasteiger charge is 2.19. The third-order valence-electron chi connectivity index (χ3n) is 3.27. The Morgan fingerprint density at radius 1 is 1.36 bits per heavy atom. The Kier molecular flexibility index (Phi) is 6.25. The summed E-state index contributed by atoms with van der Waals surface area (Å²) in [5.74, 6) is -1.79. The molecule has 1 heterocycles. The molecule has 0 aromatic heterocycles. The zero-order valence-electron chi connectivity index (χ0n) is 12.1. The summed E-state index contributed by atoms with van der Waals surface area (Å²) in [5.41, 5.74) is 0. The van der Waals surface area contributed by atoms with Crippen molar-refractivity contribution >= 4 is 10.0 Å². The SMILES string of the molecule is O=S(=O)(NCCCOC[C@H]1CCCO1)c1cc(F)ccc1F. The molecule has 5 nitrogen and oxygen atoms in total. The van der Waals surface area contributed by atoms with E-state index < -0.39 is 26.6 Å². The maximum Gasteiger partial charge on any atom is 0.243 e. The van der Waals surface area contributed by atoms with Gasteiger partial charge in [-0.1, -0.05) is 0 Å². The molecule has 1 aromatic carbocycles. The molecule has 1 aliphatic heterocycles. The Hall–Kier alpha value is -1.09. The number of sulfonamides is 1. The van der Waals surface area contributed by atoms with E-state index in [0.29, 0.717) is 25.7 Å². The van der Waals surface area contributed by atoms with Crippen molar-refractivity contribution in [3.8, 4) is 0 Å². The summed E-state index contributed by atoms with van der Waals surface area (Å²) >= 11 is 0. The average molecular weight is 335 g/mol. The Bertz CT molecular complexity index is 589. The summed E-state index contributed by atoms with van der Waals surface area (Å²) in [5, 5.41) is 0. The smallest absolute Gasteiger partial charge is 0.243 e. The van der Waals surface area contributed by atoms with Gasteiger partial charge in [0.15, 0.2) is 0 Å². The molecule has 124 valence electrons. The number of halogens is 2. The van der Waals surface area contributed by atoms with Gasteiger partial charge in [0.2, 0.25) is 10.0 Å². The molecular weight excluding hydrogens is 316 g/mol. The molecule has 0 aliphatic carbocycles. The fourth-order valence-electron chi connectivity index (χ4n) is 2.13. The van der Waals surface area contributed by atoms with Gasteiger partial charge >= 0.3 is 0 Å². The third-order valence-corrected chi connectivity index (χ3v) is 4.74. The zero-order chi connectivity index (χ0) is 16.0. The van der Waals surface area contributed by atoms with Crippen molar-refractivity contribution in [3.05, 3.63) is 29.8 Å². The van der Waals surface area contributed by atoms with E-state index in [-0.39, 0.29) is 12.6 Å². The quantitative estimate of drug-likeness (QED) is 0.736. The van der Waals surface area contributed by atoms with Crippen LogP contribution in [-0.4, -0.2) is 40.9 Å². The highest BCUT2D eigenvalue weighted by Crippen LogP contribution is 2.15. The Balaban J connectivity index is 1.72. The molecule has 1 atom stereocenters. The Labute approximate surface area is 128 Å². The number of rotatable bonds is 8. The Morgan fingerprint density at radius 3 is 2.91 bits per heavy atom. The lowest BCUT2D eigenvalue weighted by molar-refractivity contribution is 0.0169. The van der Waals surface area contributed by atoms with Gasteiger partial charge in [-0.25, -0.2) is 21.9 Å². The van der Waals surface area contributed by atoms with E-state index in [0.717, 1.165) is 31.6 Å². The van der Waals surface area contributed by atoms with Gasteiger partial charge in [0.05, 0.1) is 12.7 Å². The molecule has 0 saturated carbocycles. The number of nitrogens with one attached hydrogen (secondary N) is 1. The summed E-state index contributed by atoms with van der Waals surface area (Å²) in [6.45, 7) is 1.70. The van der Waals surface area contributed by atoms with Crippen molar-refractivity contribution in [1.29, 1.82) is 0 Å². The van der Waals surface area contributed by atoms with Crippen LogP contribution in [0.1, 0.15) is 19.3 Å². The van der Waals surface area contributed by atoms with Crippen molar-refractivity contribution < 1.29 is 26.7 Å². The number of ether oxygens (including phenoxy) is 2. The lowest BCUT2D eigenvalue weighted by Crippen LogP contribution is -2.27. The minimum Gasteiger partial charge on any atom is -0.379 e. The topological polar surface area (TPSA) is 64.6 Å². The molecule has 0 spiro atoms. The van der Waals surface area contributed by atoms with Crippen LogP contribution in [0, 0.1) is 11.6 Å². The minimum atomic E-state index is -4.06. The van der Waals surface area contributed by atoms with E-state index in [2.05, 4.69) is 4.72 Å². The fourth-order valence-corrected chi connectivity index (χ4v) is 3.29. The summed E-state index contributed by atoms with van der Waals surface area (Å²) in [6, 6.07) is 2.31. The minimum absolute atomic E-state index is 0.0871. The van der Waals surface area contributed by atoms with Crippen molar-refractivity contribution in [3.63, 3.8) is 0 Å². The maximum atomic E-state index is 13.4. The van der Waals surface area contributed by atoms with Gasteiger partial charge < -0.3 is 9.47 Å². The van der Waals surface area contributed by atoms with E-state index >= 15 is 0 Å². The number of hydrogen-bond donors (Lipinski definition) is 1. The highest BCUT2D eigenvalue weighted by molar-refractivity contribution is 7.89. The molecule has 1 aromatic rings. The molecule has 8 heteroatoms. The van der Waals surface area contributed by atoms with Gasteiger partial charge in [0.25, 0.3) is 0 Å². The molecule has 1 N–H and O–H groups in total. The van der Waals surface area contributed by atoms with Crippen LogP contribution in [0.3, 0.4) is 0 Å². The van der Waals surface area contributed by atoms with Crippen LogP contribution in [0.4, 0.5) is 8.78 Å². The monoisotopic (exact) mass is 335 g/mol. The van der Waals surface area contributed by atoms with Crippen molar-refractivity contribution in [2.45, 2.75) is 30.3 Å². The fraction of sp³-hybridized carbons (Fsp3) is 0.571. The van der Waals surface area contributed by atoms with E-state index in [9.17, 15) is 17.2 Å². The van der Waals surface area contributed by atoms with E-state index in [4.69, 9.17) is 9.47 Å². The molecule has 1 fully saturated rings. The summed E-state index contributed by atoms with van der Waals surface area (Å²) in [7, 11) is -4.06. The van der Waals surface area contributed by atoms with Crippen LogP contribution in [0.5, 0.6) is 0 Å². The van der Waals surface area contributed by atoms with Gasteiger partial charge in [0.1, 0.15) is 16.5 Å². The second-order valence-electron chi connectivity index (χ2n) is 5.04. The predicted octanol–water partition coefficient (Wildman–Crippen LogP) is 1.83. The Morgan fingerprint density at radius 2 is 2.18 bits per heavy atom. The molecule has 0 unspecified atom stereocenters. The summed E-state index contributed by atoms with van der Waals surface area (Å²) < 4.78 is 63.2. The molecule has 1 saturated heterocycles. The van der Waals surface area contributed by atoms with Crippen LogP contribution in [-0.2, 0) is 19.5 Å². The molecule has 0 radical (unpaired) electrons. The van der Waals surface area contributed by atoms with Gasteiger partial charge in [-0.05, 0) is 37.5 Å². The standard InChI is InChI=1S/C14H19F2NO4S/c15-11-4-5-13(16)14(9-11)22(18,19)17-6-2-7-20-10-12-3-1-8-21-12/h4-5,9,12,17H,1-3,6-8,10H2/t12-/m1/s1. The van der Waals surface area contributed by atoms with Crippen LogP contribution >= 0.6 is 0 Å². The molecular formula is C14H19F2NO4S.